The zero-order valence-electron chi connectivity index (χ0n) is 22.6. The minimum Gasteiger partial charge on any atom is -0.744 e. The number of ether oxygens (including phenoxy) is 2. The number of sulfonamides is 1. The Labute approximate surface area is 323 Å². The fraction of sp³-hybridized carbons (Fsp3) is 0.364. The van der Waals surface area contributed by atoms with Crippen LogP contribution in [0.4, 0.5) is 0 Å². The minimum atomic E-state index is -4.81. The molecule has 0 aromatic heterocycles. The van der Waals surface area contributed by atoms with Crippen LogP contribution in [-0.4, -0.2) is 77.9 Å². The first-order valence-corrected chi connectivity index (χ1v) is 15.8. The monoisotopic (exact) mass is 684 g/mol. The molecule has 0 heterocycles. The predicted octanol–water partition coefficient (Wildman–Crippen LogP) is -6.07. The minimum absolute atomic E-state index is 0. The number of benzene rings is 2. The van der Waals surface area contributed by atoms with Crippen LogP contribution in [0.1, 0.15) is 40.0 Å². The van der Waals surface area contributed by atoms with Crippen molar-refractivity contribution in [1.82, 2.24) is 4.72 Å². The van der Waals surface area contributed by atoms with Gasteiger partial charge in [-0.1, -0.05) is 12.1 Å². The van der Waals surface area contributed by atoms with Gasteiger partial charge in [-0.05, 0) is 49.4 Å². The van der Waals surface area contributed by atoms with Crippen molar-refractivity contribution in [2.75, 3.05) is 26.0 Å². The summed E-state index contributed by atoms with van der Waals surface area (Å²) in [6.45, 7) is -0.753. The van der Waals surface area contributed by atoms with Crippen LogP contribution >= 0.6 is 0 Å². The molecule has 3 N–H and O–H groups in total. The molecule has 14 nitrogen and oxygen atoms in total. The second-order valence-electron chi connectivity index (χ2n) is 8.43. The summed E-state index contributed by atoms with van der Waals surface area (Å²) < 4.78 is 104. The summed E-state index contributed by atoms with van der Waals surface area (Å²) in [5, 5.41) is 0. The van der Waals surface area contributed by atoms with Gasteiger partial charge in [0.25, 0.3) is 0 Å². The molecule has 0 fully saturated rings. The fourth-order valence-electron chi connectivity index (χ4n) is 3.60. The predicted molar refractivity (Wildman–Crippen MR) is 133 cm³/mol. The molecule has 0 aliphatic heterocycles. The van der Waals surface area contributed by atoms with E-state index < -0.39 is 57.5 Å². The van der Waals surface area contributed by atoms with Crippen molar-refractivity contribution in [2.45, 2.75) is 34.6 Å². The van der Waals surface area contributed by atoms with Gasteiger partial charge in [-0.2, -0.15) is 0 Å². The Morgan fingerprint density at radius 1 is 0.780 bits per heavy atom. The first-order chi connectivity index (χ1) is 18.0. The van der Waals surface area contributed by atoms with Gasteiger partial charge in [0, 0.05) is 18.4 Å². The van der Waals surface area contributed by atoms with E-state index in [9.17, 15) is 43.9 Å². The summed E-state index contributed by atoms with van der Waals surface area (Å²) >= 11 is 0. The first-order valence-electron chi connectivity index (χ1n) is 11.1. The molecule has 0 saturated heterocycles. The molecule has 41 heavy (non-hydrogen) atoms. The summed E-state index contributed by atoms with van der Waals surface area (Å²) in [7, 11) is -13.5. The summed E-state index contributed by atoms with van der Waals surface area (Å²) in [6, 6.07) is 8.54. The summed E-state index contributed by atoms with van der Waals surface area (Å²) in [6.07, 6.45) is 0.650. The van der Waals surface area contributed by atoms with E-state index in [1.165, 1.54) is 24.3 Å². The molecule has 0 unspecified atom stereocenters. The Balaban J connectivity index is 0.00000800. The van der Waals surface area contributed by atoms with Crippen LogP contribution < -0.4 is 113 Å². The Kier molecular flexibility index (Phi) is 17.9. The van der Waals surface area contributed by atoms with E-state index in [2.05, 4.69) is 4.72 Å². The van der Waals surface area contributed by atoms with Gasteiger partial charge in [-0.25, -0.2) is 39.6 Å². The third-order valence-corrected chi connectivity index (χ3v) is 7.84. The number of nitrogens with one attached hydrogen (secondary N) is 1. The molecular weight excluding hydrogens is 659 g/mol. The van der Waals surface area contributed by atoms with Gasteiger partial charge in [0.1, 0.15) is 20.2 Å². The maximum Gasteiger partial charge on any atom is 1.00 e. The van der Waals surface area contributed by atoms with Crippen LogP contribution in [0.2, 0.25) is 0 Å². The molecule has 2 aromatic rings. The number of esters is 2. The van der Waals surface area contributed by atoms with Crippen LogP contribution in [0.5, 0.6) is 0 Å². The average molecular weight is 685 g/mol. The first kappa shape index (κ1) is 41.3. The molecule has 2 aromatic carbocycles. The molecule has 2 rings (SSSR count). The molecule has 19 heteroatoms. The van der Waals surface area contributed by atoms with Gasteiger partial charge in [-0.3, -0.25) is 0 Å². The smallest absolute Gasteiger partial charge is 0.744 e. The van der Waals surface area contributed by atoms with Crippen molar-refractivity contribution in [1.29, 1.82) is 0 Å². The maximum atomic E-state index is 12.4. The van der Waals surface area contributed by atoms with E-state index >= 15 is 0 Å². The van der Waals surface area contributed by atoms with Crippen LogP contribution in [0.3, 0.4) is 0 Å². The molecule has 0 aliphatic carbocycles. The van der Waals surface area contributed by atoms with E-state index in [4.69, 9.17) is 15.2 Å². The standard InChI is InChI=1S/C22H28N2O12S3.2K/c1-37(27,28)24-22(8-11-23,9-12-35-20(25)16-4-2-6-18(14-16)38(29,30)31)10-13-36-21(26)17-5-3-7-19(15-17)39(32,33)34;;/h2-7,14-15,24H,8-13,23H2,1H3,(H,29,30,31)(H,32,33,34);;/q;2*+1/p-2. The van der Waals surface area contributed by atoms with Gasteiger partial charge in [0.05, 0.1) is 40.4 Å². The third kappa shape index (κ3) is 14.3. The van der Waals surface area contributed by atoms with Gasteiger partial charge in [-0.15, -0.1) is 0 Å². The van der Waals surface area contributed by atoms with Gasteiger partial charge in [0.15, 0.2) is 0 Å². The maximum absolute atomic E-state index is 12.4. The molecule has 0 saturated carbocycles. The Hall–Kier alpha value is 0.343. The van der Waals surface area contributed by atoms with Crippen molar-refractivity contribution in [3.63, 3.8) is 0 Å². The van der Waals surface area contributed by atoms with Crippen LogP contribution in [0.25, 0.3) is 0 Å². The van der Waals surface area contributed by atoms with Crippen LogP contribution in [-0.2, 0) is 39.7 Å². The molecular formula is C22H26K2N2O12S3. The summed E-state index contributed by atoms with van der Waals surface area (Å²) in [5.74, 6) is -1.94. The zero-order chi connectivity index (χ0) is 29.5. The van der Waals surface area contributed by atoms with E-state index in [1.807, 2.05) is 0 Å². The normalized spacial score (nSPS) is 12.0. The summed E-state index contributed by atoms with van der Waals surface area (Å²) in [5.41, 5.74) is 3.89. The molecule has 0 amide bonds. The number of nitrogens with two attached hydrogens (primary N) is 1. The largest absolute Gasteiger partial charge is 1.00 e. The van der Waals surface area contributed by atoms with Crippen molar-refractivity contribution in [2.24, 2.45) is 5.73 Å². The number of hydrogen-bond acceptors (Lipinski definition) is 13. The van der Waals surface area contributed by atoms with Crippen molar-refractivity contribution < 1.29 is 156 Å². The zero-order valence-corrected chi connectivity index (χ0v) is 31.3. The topological polar surface area (TPSA) is 239 Å². The molecule has 0 radical (unpaired) electrons. The molecule has 0 bridgehead atoms. The van der Waals surface area contributed by atoms with Gasteiger partial charge < -0.3 is 24.3 Å². The van der Waals surface area contributed by atoms with Crippen molar-refractivity contribution >= 4 is 42.2 Å². The Morgan fingerprint density at radius 2 is 1.17 bits per heavy atom. The van der Waals surface area contributed by atoms with E-state index in [1.54, 1.807) is 0 Å². The molecule has 0 aliphatic rings. The summed E-state index contributed by atoms with van der Waals surface area (Å²) in [4.78, 5) is 23.5. The number of rotatable bonds is 14. The van der Waals surface area contributed by atoms with E-state index in [0.29, 0.717) is 0 Å². The average Bonchev–Trinajstić information content (AvgIpc) is 2.82. The van der Waals surface area contributed by atoms with Crippen LogP contribution in [0, 0.1) is 0 Å². The van der Waals surface area contributed by atoms with E-state index in [-0.39, 0.29) is 153 Å². The molecule has 216 valence electrons. The Bertz CT molecular complexity index is 1440. The fourth-order valence-corrected chi connectivity index (χ4v) is 5.73. The number of hydrogen-bond donors (Lipinski definition) is 2. The molecule has 0 spiro atoms. The van der Waals surface area contributed by atoms with E-state index in [0.717, 1.165) is 30.5 Å². The van der Waals surface area contributed by atoms with Gasteiger partial charge in [0.2, 0.25) is 10.0 Å². The van der Waals surface area contributed by atoms with Crippen LogP contribution in [0.15, 0.2) is 58.3 Å². The molecule has 0 atom stereocenters. The number of carbonyl (C=O) groups excluding carboxylic acids is 2. The third-order valence-electron chi connectivity index (χ3n) is 5.37. The van der Waals surface area contributed by atoms with Crippen molar-refractivity contribution in [3.05, 3.63) is 59.7 Å². The van der Waals surface area contributed by atoms with Gasteiger partial charge >= 0.3 is 115 Å². The Morgan fingerprint density at radius 3 is 1.49 bits per heavy atom. The van der Waals surface area contributed by atoms with Crippen molar-refractivity contribution in [3.8, 4) is 0 Å². The second kappa shape index (κ2) is 17.7. The quantitative estimate of drug-likeness (QED) is 0.107. The second-order valence-corrected chi connectivity index (χ2v) is 12.9. The SMILES string of the molecule is CS(=O)(=O)NC(CCN)(CCOC(=O)c1cccc(S(=O)(=O)[O-])c1)CCOC(=O)c1cccc(S(=O)(=O)[O-])c1.[K+].[K+]. The number of carbonyl (C=O) groups is 2.